The molecule has 0 radical (unpaired) electrons. The first-order valence-electron chi connectivity index (χ1n) is 3.43. The van der Waals surface area contributed by atoms with E-state index in [4.69, 9.17) is 0 Å². The fourth-order valence-corrected chi connectivity index (χ4v) is 1.74. The van der Waals surface area contributed by atoms with Crippen LogP contribution in [0.4, 0.5) is 0 Å². The first kappa shape index (κ1) is 4.77. The maximum absolute atomic E-state index is 3.46. The van der Waals surface area contributed by atoms with Gasteiger partial charge in [-0.1, -0.05) is 0 Å². The SMILES string of the molecule is C1C[C@H]2NCC[C@H]2N1. The van der Waals surface area contributed by atoms with Gasteiger partial charge in [0.15, 0.2) is 0 Å². The maximum atomic E-state index is 3.46. The lowest BCUT2D eigenvalue weighted by molar-refractivity contribution is 0.576. The Morgan fingerprint density at radius 2 is 1.38 bits per heavy atom. The van der Waals surface area contributed by atoms with Crippen molar-refractivity contribution in [2.45, 2.75) is 24.9 Å². The predicted octanol–water partition coefficient (Wildman–Crippen LogP) is -0.290. The Bertz CT molecular complexity index is 72.5. The standard InChI is InChI=1S/C6H12N2/c1-3-7-6-2-4-8-5(1)6/h5-8H,1-4H2/t5-,6-/m1/s1. The second-order valence-corrected chi connectivity index (χ2v) is 2.70. The van der Waals surface area contributed by atoms with Crippen molar-refractivity contribution < 1.29 is 0 Å². The van der Waals surface area contributed by atoms with Crippen LogP contribution in [0.2, 0.25) is 0 Å². The van der Waals surface area contributed by atoms with Crippen LogP contribution < -0.4 is 10.6 Å². The highest BCUT2D eigenvalue weighted by molar-refractivity contribution is 4.94. The van der Waals surface area contributed by atoms with E-state index in [0.29, 0.717) is 0 Å². The molecular weight excluding hydrogens is 100 g/mol. The number of hydrogen-bond donors (Lipinski definition) is 2. The van der Waals surface area contributed by atoms with Gasteiger partial charge in [-0.25, -0.2) is 0 Å². The zero-order valence-corrected chi connectivity index (χ0v) is 4.98. The van der Waals surface area contributed by atoms with E-state index in [2.05, 4.69) is 10.6 Å². The highest BCUT2D eigenvalue weighted by Gasteiger charge is 2.29. The van der Waals surface area contributed by atoms with E-state index < -0.39 is 0 Å². The van der Waals surface area contributed by atoms with Crippen LogP contribution in [-0.2, 0) is 0 Å². The summed E-state index contributed by atoms with van der Waals surface area (Å²) in [6, 6.07) is 1.63. The minimum atomic E-state index is 0.815. The highest BCUT2D eigenvalue weighted by atomic mass is 15.1. The Kier molecular flexibility index (Phi) is 1.02. The fourth-order valence-electron chi connectivity index (χ4n) is 1.74. The molecule has 2 heteroatoms. The fraction of sp³-hybridized carbons (Fsp3) is 1.00. The summed E-state index contributed by atoms with van der Waals surface area (Å²) in [5, 5.41) is 6.91. The third-order valence-electron chi connectivity index (χ3n) is 2.21. The molecule has 0 spiro atoms. The van der Waals surface area contributed by atoms with E-state index >= 15 is 0 Å². The molecule has 2 aliphatic rings. The average Bonchev–Trinajstić information content (AvgIpc) is 2.15. The molecule has 2 heterocycles. The average molecular weight is 112 g/mol. The van der Waals surface area contributed by atoms with Gasteiger partial charge in [0.05, 0.1) is 0 Å². The molecule has 0 amide bonds. The van der Waals surface area contributed by atoms with Gasteiger partial charge in [-0.3, -0.25) is 0 Å². The monoisotopic (exact) mass is 112 g/mol. The molecule has 2 N–H and O–H groups in total. The quantitative estimate of drug-likeness (QED) is 0.450. The summed E-state index contributed by atoms with van der Waals surface area (Å²) in [6.45, 7) is 2.45. The summed E-state index contributed by atoms with van der Waals surface area (Å²) >= 11 is 0. The van der Waals surface area contributed by atoms with E-state index in [1.54, 1.807) is 0 Å². The number of nitrogens with one attached hydrogen (secondary N) is 2. The van der Waals surface area contributed by atoms with Gasteiger partial charge in [-0.15, -0.1) is 0 Å². The largest absolute Gasteiger partial charge is 0.312 e. The van der Waals surface area contributed by atoms with Crippen LogP contribution in [0, 0.1) is 0 Å². The molecule has 0 saturated carbocycles. The lowest BCUT2D eigenvalue weighted by atomic mass is 10.1. The van der Waals surface area contributed by atoms with Gasteiger partial charge < -0.3 is 10.6 Å². The van der Waals surface area contributed by atoms with Crippen molar-refractivity contribution in [1.82, 2.24) is 10.6 Å². The third-order valence-corrected chi connectivity index (χ3v) is 2.21. The van der Waals surface area contributed by atoms with Crippen LogP contribution in [0.5, 0.6) is 0 Å². The van der Waals surface area contributed by atoms with Gasteiger partial charge >= 0.3 is 0 Å². The van der Waals surface area contributed by atoms with Crippen LogP contribution in [0.3, 0.4) is 0 Å². The third kappa shape index (κ3) is 0.565. The van der Waals surface area contributed by atoms with Gasteiger partial charge in [-0.05, 0) is 25.9 Å². The number of rotatable bonds is 0. The number of hydrogen-bond acceptors (Lipinski definition) is 2. The molecule has 0 unspecified atom stereocenters. The molecule has 2 nitrogen and oxygen atoms in total. The van der Waals surface area contributed by atoms with Crippen molar-refractivity contribution in [2.75, 3.05) is 13.1 Å². The van der Waals surface area contributed by atoms with Crippen LogP contribution in [-0.4, -0.2) is 25.2 Å². The van der Waals surface area contributed by atoms with Crippen molar-refractivity contribution in [1.29, 1.82) is 0 Å². The lowest BCUT2D eigenvalue weighted by Crippen LogP contribution is -2.29. The number of fused-ring (bicyclic) bond motifs is 1. The molecule has 2 saturated heterocycles. The summed E-state index contributed by atoms with van der Waals surface area (Å²) in [7, 11) is 0. The van der Waals surface area contributed by atoms with E-state index in [0.717, 1.165) is 12.1 Å². The molecule has 46 valence electrons. The topological polar surface area (TPSA) is 24.1 Å². The molecule has 2 rings (SSSR count). The van der Waals surface area contributed by atoms with Crippen LogP contribution in [0.15, 0.2) is 0 Å². The Hall–Kier alpha value is -0.0800. The first-order chi connectivity index (χ1) is 3.97. The Labute approximate surface area is 49.7 Å². The maximum Gasteiger partial charge on any atom is 0.0233 e. The van der Waals surface area contributed by atoms with Crippen molar-refractivity contribution in [3.05, 3.63) is 0 Å². The lowest BCUT2D eigenvalue weighted by Gasteiger charge is -2.05. The van der Waals surface area contributed by atoms with Gasteiger partial charge in [-0.2, -0.15) is 0 Å². The molecule has 8 heavy (non-hydrogen) atoms. The molecule has 0 aromatic heterocycles. The zero-order chi connectivity index (χ0) is 5.40. The van der Waals surface area contributed by atoms with Gasteiger partial charge in [0.25, 0.3) is 0 Å². The summed E-state index contributed by atoms with van der Waals surface area (Å²) in [6.07, 6.45) is 2.68. The van der Waals surface area contributed by atoms with Crippen molar-refractivity contribution >= 4 is 0 Å². The van der Waals surface area contributed by atoms with Crippen molar-refractivity contribution in [3.8, 4) is 0 Å². The first-order valence-corrected chi connectivity index (χ1v) is 3.43. The van der Waals surface area contributed by atoms with Crippen molar-refractivity contribution in [3.63, 3.8) is 0 Å². The molecule has 2 aliphatic heterocycles. The minimum absolute atomic E-state index is 0.815. The molecule has 0 bridgehead atoms. The van der Waals surface area contributed by atoms with Gasteiger partial charge in [0.2, 0.25) is 0 Å². The van der Waals surface area contributed by atoms with E-state index in [1.165, 1.54) is 25.9 Å². The Morgan fingerprint density at radius 1 is 0.875 bits per heavy atom. The molecular formula is C6H12N2. The minimum Gasteiger partial charge on any atom is -0.312 e. The predicted molar refractivity (Wildman–Crippen MR) is 32.8 cm³/mol. The second-order valence-electron chi connectivity index (χ2n) is 2.70. The molecule has 2 atom stereocenters. The molecule has 0 aromatic carbocycles. The molecule has 2 fully saturated rings. The normalized spacial score (nSPS) is 45.0. The summed E-state index contributed by atoms with van der Waals surface area (Å²) < 4.78 is 0. The summed E-state index contributed by atoms with van der Waals surface area (Å²) in [5.41, 5.74) is 0. The van der Waals surface area contributed by atoms with Gasteiger partial charge in [0.1, 0.15) is 0 Å². The molecule has 0 aliphatic carbocycles. The van der Waals surface area contributed by atoms with Crippen LogP contribution in [0.25, 0.3) is 0 Å². The smallest absolute Gasteiger partial charge is 0.0233 e. The van der Waals surface area contributed by atoms with E-state index in [1.807, 2.05) is 0 Å². The van der Waals surface area contributed by atoms with Gasteiger partial charge in [0, 0.05) is 12.1 Å². The summed E-state index contributed by atoms with van der Waals surface area (Å²) in [4.78, 5) is 0. The van der Waals surface area contributed by atoms with E-state index in [9.17, 15) is 0 Å². The molecule has 0 aromatic rings. The summed E-state index contributed by atoms with van der Waals surface area (Å²) in [5.74, 6) is 0. The van der Waals surface area contributed by atoms with Crippen LogP contribution >= 0.6 is 0 Å². The van der Waals surface area contributed by atoms with Crippen molar-refractivity contribution in [2.24, 2.45) is 0 Å². The second kappa shape index (κ2) is 1.71. The highest BCUT2D eigenvalue weighted by Crippen LogP contribution is 2.14. The van der Waals surface area contributed by atoms with E-state index in [-0.39, 0.29) is 0 Å². The Balaban J connectivity index is 2.04. The van der Waals surface area contributed by atoms with Crippen LogP contribution in [0.1, 0.15) is 12.8 Å². The zero-order valence-electron chi connectivity index (χ0n) is 4.98. The Morgan fingerprint density at radius 3 is 1.88 bits per heavy atom.